The Morgan fingerprint density at radius 3 is 2.64 bits per heavy atom. The third-order valence-corrected chi connectivity index (χ3v) is 5.97. The number of hydrogen-bond donors (Lipinski definition) is 0. The van der Waals surface area contributed by atoms with E-state index in [1.807, 2.05) is 36.2 Å². The van der Waals surface area contributed by atoms with E-state index in [1.54, 1.807) is 19.1 Å². The average Bonchev–Trinajstić information content (AvgIpc) is 2.71. The molecule has 5 nitrogen and oxygen atoms in total. The first-order valence-electron chi connectivity index (χ1n) is 9.48. The van der Waals surface area contributed by atoms with Gasteiger partial charge in [0.15, 0.2) is 0 Å². The van der Waals surface area contributed by atoms with Gasteiger partial charge in [0.2, 0.25) is 0 Å². The van der Waals surface area contributed by atoms with E-state index in [2.05, 4.69) is 35.8 Å². The topological polar surface area (TPSA) is 42.0 Å². The van der Waals surface area contributed by atoms with Crippen molar-refractivity contribution in [3.8, 4) is 11.5 Å². The number of aryl methyl sites for hydroxylation is 1. The van der Waals surface area contributed by atoms with Crippen LogP contribution in [0.25, 0.3) is 0 Å². The largest absolute Gasteiger partial charge is 0.497 e. The van der Waals surface area contributed by atoms with E-state index in [0.29, 0.717) is 6.54 Å². The Bertz CT molecular complexity index is 867. The van der Waals surface area contributed by atoms with Gasteiger partial charge in [-0.05, 0) is 55.2 Å². The molecule has 1 atom stereocenters. The first-order chi connectivity index (χ1) is 13.4. The van der Waals surface area contributed by atoms with Gasteiger partial charge in [0.1, 0.15) is 11.5 Å². The summed E-state index contributed by atoms with van der Waals surface area (Å²) in [5.74, 6) is 1.54. The van der Waals surface area contributed by atoms with Crippen LogP contribution in [0.5, 0.6) is 11.5 Å². The number of hydrogen-bond acceptors (Lipinski definition) is 3. The molecule has 0 saturated heterocycles. The molecule has 0 N–H and O–H groups in total. The van der Waals surface area contributed by atoms with Crippen LogP contribution in [0.4, 0.5) is 10.5 Å². The second-order valence-electron chi connectivity index (χ2n) is 6.99. The molecule has 1 unspecified atom stereocenters. The Hall–Kier alpha value is -2.21. The van der Waals surface area contributed by atoms with Gasteiger partial charge in [0, 0.05) is 35.4 Å². The van der Waals surface area contributed by atoms with Crippen molar-refractivity contribution >= 4 is 27.6 Å². The number of ether oxygens (including phenoxy) is 2. The maximum atomic E-state index is 13.4. The molecule has 2 aromatic carbocycles. The van der Waals surface area contributed by atoms with Gasteiger partial charge >= 0.3 is 6.03 Å². The molecule has 0 bridgehead atoms. The summed E-state index contributed by atoms with van der Waals surface area (Å²) >= 11 is 3.52. The number of anilines is 1. The van der Waals surface area contributed by atoms with E-state index < -0.39 is 0 Å². The number of rotatable bonds is 4. The Balaban J connectivity index is 1.92. The lowest BCUT2D eigenvalue weighted by Gasteiger charge is -2.38. The van der Waals surface area contributed by atoms with Crippen molar-refractivity contribution in [1.82, 2.24) is 4.90 Å². The molecule has 2 amide bonds. The lowest BCUT2D eigenvalue weighted by molar-refractivity contribution is 0.181. The highest BCUT2D eigenvalue weighted by molar-refractivity contribution is 9.10. The summed E-state index contributed by atoms with van der Waals surface area (Å²) in [5, 5.41) is 0. The van der Waals surface area contributed by atoms with Gasteiger partial charge in [-0.3, -0.25) is 4.90 Å². The number of benzene rings is 2. The van der Waals surface area contributed by atoms with Gasteiger partial charge in [-0.2, -0.15) is 0 Å². The molecule has 3 rings (SSSR count). The fourth-order valence-electron chi connectivity index (χ4n) is 3.94. The summed E-state index contributed by atoms with van der Waals surface area (Å²) in [4.78, 5) is 17.0. The molecule has 150 valence electrons. The fraction of sp³-hybridized carbons (Fsp3) is 0.409. The van der Waals surface area contributed by atoms with Crippen LogP contribution in [0.3, 0.4) is 0 Å². The lowest BCUT2D eigenvalue weighted by atomic mass is 9.92. The highest BCUT2D eigenvalue weighted by atomic mass is 79.9. The molecule has 2 aromatic rings. The summed E-state index contributed by atoms with van der Waals surface area (Å²) in [6.45, 7) is 4.81. The number of methoxy groups -OCH3 is 2. The van der Waals surface area contributed by atoms with E-state index in [4.69, 9.17) is 9.47 Å². The highest BCUT2D eigenvalue weighted by Gasteiger charge is 2.33. The molecule has 0 aliphatic carbocycles. The Morgan fingerprint density at radius 2 is 2.00 bits per heavy atom. The minimum atomic E-state index is -0.0833. The predicted molar refractivity (Wildman–Crippen MR) is 116 cm³/mol. The number of urea groups is 1. The van der Waals surface area contributed by atoms with Crippen molar-refractivity contribution in [1.29, 1.82) is 0 Å². The van der Waals surface area contributed by atoms with Gasteiger partial charge in [-0.15, -0.1) is 0 Å². The third kappa shape index (κ3) is 3.70. The molecule has 1 aliphatic heterocycles. The van der Waals surface area contributed by atoms with Crippen molar-refractivity contribution in [3.05, 3.63) is 51.5 Å². The number of amides is 2. The number of fused-ring (bicyclic) bond motifs is 1. The van der Waals surface area contributed by atoms with Crippen molar-refractivity contribution in [2.24, 2.45) is 0 Å². The second-order valence-corrected chi connectivity index (χ2v) is 7.91. The van der Waals surface area contributed by atoms with Crippen LogP contribution in [0, 0.1) is 0 Å². The average molecular weight is 447 g/mol. The smallest absolute Gasteiger partial charge is 0.324 e. The van der Waals surface area contributed by atoms with Crippen LogP contribution in [0.15, 0.2) is 34.8 Å². The zero-order valence-corrected chi connectivity index (χ0v) is 18.7. The molecule has 1 aliphatic rings. The van der Waals surface area contributed by atoms with Crippen molar-refractivity contribution in [3.63, 3.8) is 0 Å². The van der Waals surface area contributed by atoms with E-state index in [0.717, 1.165) is 45.6 Å². The number of halogens is 1. The molecule has 0 saturated carbocycles. The zero-order chi connectivity index (χ0) is 20.4. The fourth-order valence-corrected chi connectivity index (χ4v) is 4.34. The molecular formula is C22H27BrN2O3. The van der Waals surface area contributed by atoms with Gasteiger partial charge < -0.3 is 14.4 Å². The summed E-state index contributed by atoms with van der Waals surface area (Å²) in [5.41, 5.74) is 4.31. The zero-order valence-electron chi connectivity index (χ0n) is 17.1. The standard InChI is InChI=1S/C22H27BrN2O3/c1-6-15-11-17(23)7-8-19(15)24(3)22(26)25-10-9-16-12-18(27-4)13-20(28-5)21(16)14(25)2/h7-8,11-14H,6,9-10H2,1-5H3. The van der Waals surface area contributed by atoms with Crippen molar-refractivity contribution < 1.29 is 14.3 Å². The van der Waals surface area contributed by atoms with E-state index in [9.17, 15) is 4.79 Å². The van der Waals surface area contributed by atoms with Gasteiger partial charge in [-0.25, -0.2) is 4.79 Å². The van der Waals surface area contributed by atoms with Crippen LogP contribution in [0.1, 0.15) is 36.6 Å². The minimum Gasteiger partial charge on any atom is -0.497 e. The first kappa shape index (κ1) is 20.5. The normalized spacial score (nSPS) is 15.8. The van der Waals surface area contributed by atoms with Crippen LogP contribution in [-0.4, -0.2) is 38.7 Å². The molecule has 0 fully saturated rings. The molecule has 1 heterocycles. The van der Waals surface area contributed by atoms with Crippen LogP contribution >= 0.6 is 15.9 Å². The number of nitrogens with zero attached hydrogens (tertiary/aromatic N) is 2. The van der Waals surface area contributed by atoms with Gasteiger partial charge in [-0.1, -0.05) is 22.9 Å². The van der Waals surface area contributed by atoms with E-state index >= 15 is 0 Å². The van der Waals surface area contributed by atoms with E-state index in [-0.39, 0.29) is 12.1 Å². The molecule has 0 aromatic heterocycles. The Labute approximate surface area is 175 Å². The quantitative estimate of drug-likeness (QED) is 0.647. The number of carbonyl (C=O) groups is 1. The van der Waals surface area contributed by atoms with Crippen molar-refractivity contribution in [2.75, 3.05) is 32.7 Å². The first-order valence-corrected chi connectivity index (χ1v) is 10.3. The highest BCUT2D eigenvalue weighted by Crippen LogP contribution is 2.40. The maximum absolute atomic E-state index is 13.4. The van der Waals surface area contributed by atoms with Gasteiger partial charge in [0.05, 0.1) is 20.3 Å². The summed E-state index contributed by atoms with van der Waals surface area (Å²) < 4.78 is 12.0. The summed E-state index contributed by atoms with van der Waals surface area (Å²) in [6.07, 6.45) is 1.63. The second kappa shape index (κ2) is 8.43. The van der Waals surface area contributed by atoms with Crippen LogP contribution in [0.2, 0.25) is 0 Å². The molecule has 6 heteroatoms. The van der Waals surface area contributed by atoms with Crippen LogP contribution in [-0.2, 0) is 12.8 Å². The Kier molecular flexibility index (Phi) is 6.18. The lowest BCUT2D eigenvalue weighted by Crippen LogP contribution is -2.46. The molecule has 0 radical (unpaired) electrons. The molecule has 28 heavy (non-hydrogen) atoms. The van der Waals surface area contributed by atoms with Crippen LogP contribution < -0.4 is 14.4 Å². The van der Waals surface area contributed by atoms with Gasteiger partial charge in [0.25, 0.3) is 0 Å². The predicted octanol–water partition coefficient (Wildman–Crippen LogP) is 5.20. The summed E-state index contributed by atoms with van der Waals surface area (Å²) in [6, 6.07) is 9.88. The Morgan fingerprint density at radius 1 is 1.25 bits per heavy atom. The number of carbonyl (C=O) groups excluding carboxylic acids is 1. The minimum absolute atomic E-state index is 0.00644. The SMILES string of the molecule is CCc1cc(Br)ccc1N(C)C(=O)N1CCc2cc(OC)cc(OC)c2C1C. The van der Waals surface area contributed by atoms with E-state index in [1.165, 1.54) is 5.56 Å². The summed E-state index contributed by atoms with van der Waals surface area (Å²) in [7, 11) is 5.16. The molecular weight excluding hydrogens is 420 g/mol. The molecule has 0 spiro atoms. The van der Waals surface area contributed by atoms with Crippen molar-refractivity contribution in [2.45, 2.75) is 32.7 Å². The maximum Gasteiger partial charge on any atom is 0.324 e. The third-order valence-electron chi connectivity index (χ3n) is 5.48. The monoisotopic (exact) mass is 446 g/mol.